The minimum atomic E-state index is -2.37. The zero-order valence-electron chi connectivity index (χ0n) is 10.4. The van der Waals surface area contributed by atoms with Gasteiger partial charge in [-0.15, -0.1) is 11.3 Å². The second-order valence-corrected chi connectivity index (χ2v) is 8.08. The van der Waals surface area contributed by atoms with E-state index in [1.165, 1.54) is 0 Å². The van der Waals surface area contributed by atoms with Gasteiger partial charge in [-0.05, 0) is 36.5 Å². The average Bonchev–Trinajstić information content (AvgIpc) is 2.63. The van der Waals surface area contributed by atoms with Crippen molar-refractivity contribution in [3.8, 4) is 0 Å². The molecule has 1 heterocycles. The van der Waals surface area contributed by atoms with Gasteiger partial charge >= 0.3 is 7.94 Å². The summed E-state index contributed by atoms with van der Waals surface area (Å²) in [6.45, 7) is 0. The van der Waals surface area contributed by atoms with Crippen LogP contribution in [-0.2, 0) is 13.6 Å². The molecule has 1 unspecified atom stereocenters. The van der Waals surface area contributed by atoms with Crippen molar-refractivity contribution in [1.82, 2.24) is 4.98 Å². The quantitative estimate of drug-likeness (QED) is 0.676. The molecule has 2 rings (SSSR count). The van der Waals surface area contributed by atoms with E-state index in [1.807, 2.05) is 24.3 Å². The number of H-pyrrole nitrogens is 1. The fourth-order valence-electron chi connectivity index (χ4n) is 1.84. The Morgan fingerprint density at radius 3 is 2.39 bits per heavy atom. The Morgan fingerprint density at radius 2 is 1.78 bits per heavy atom. The van der Waals surface area contributed by atoms with Crippen LogP contribution in [0.15, 0.2) is 12.2 Å². The highest BCUT2D eigenvalue weighted by Gasteiger charge is 2.48. The van der Waals surface area contributed by atoms with Gasteiger partial charge in [-0.25, -0.2) is 0 Å². The third-order valence-corrected chi connectivity index (χ3v) is 6.56. The number of thiazole rings is 1. The summed E-state index contributed by atoms with van der Waals surface area (Å²) in [5, 5.41) is 0. The summed E-state index contributed by atoms with van der Waals surface area (Å²) in [4.78, 5) is 4.26. The van der Waals surface area contributed by atoms with E-state index in [4.69, 9.17) is 25.8 Å². The number of aromatic nitrogens is 1. The largest absolute Gasteiger partial charge is 0.421 e. The van der Waals surface area contributed by atoms with Crippen molar-refractivity contribution in [3.63, 3.8) is 0 Å². The first-order valence-electron chi connectivity index (χ1n) is 5.30. The minimum Gasteiger partial charge on any atom is -0.337 e. The topological polar surface area (TPSA) is 43.5 Å². The van der Waals surface area contributed by atoms with Gasteiger partial charge in [0.1, 0.15) is 0 Å². The molecule has 0 radical (unpaired) electrons. The zero-order valence-corrected chi connectivity index (χ0v) is 12.9. The van der Waals surface area contributed by atoms with E-state index in [2.05, 4.69) is 4.98 Å². The Kier molecular flexibility index (Phi) is 4.48. The van der Waals surface area contributed by atoms with E-state index in [0.717, 1.165) is 14.5 Å². The van der Waals surface area contributed by atoms with E-state index in [-0.39, 0.29) is 5.66 Å². The van der Waals surface area contributed by atoms with Crippen LogP contribution >= 0.6 is 31.5 Å². The maximum atomic E-state index is 5.47. The molecule has 4 nitrogen and oxygen atoms in total. The molecule has 1 aromatic rings. The molecular weight excluding hydrogens is 289 g/mol. The SMILES string of the molecule is CO[P+](OC)(OC)C1C=Cc2[nH]c(=S)sc2C=C1. The molecule has 1 aromatic heterocycles. The van der Waals surface area contributed by atoms with Gasteiger partial charge in [0.05, 0.1) is 31.9 Å². The molecule has 18 heavy (non-hydrogen) atoms. The monoisotopic (exact) mass is 304 g/mol. The van der Waals surface area contributed by atoms with Crippen molar-refractivity contribution in [1.29, 1.82) is 0 Å². The first kappa shape index (κ1) is 14.1. The van der Waals surface area contributed by atoms with Gasteiger partial charge in [0.2, 0.25) is 0 Å². The van der Waals surface area contributed by atoms with Crippen LogP contribution in [0.1, 0.15) is 10.6 Å². The molecule has 0 fully saturated rings. The van der Waals surface area contributed by atoms with Crippen molar-refractivity contribution < 1.29 is 13.6 Å². The van der Waals surface area contributed by atoms with Crippen LogP contribution in [0.25, 0.3) is 12.2 Å². The van der Waals surface area contributed by atoms with Crippen LogP contribution in [0, 0.1) is 3.95 Å². The van der Waals surface area contributed by atoms with E-state index >= 15 is 0 Å². The lowest BCUT2D eigenvalue weighted by Crippen LogP contribution is -2.13. The van der Waals surface area contributed by atoms with E-state index in [0.29, 0.717) is 0 Å². The predicted octanol–water partition coefficient (Wildman–Crippen LogP) is 3.92. The molecule has 98 valence electrons. The molecule has 1 N–H and O–H groups in total. The molecule has 0 bridgehead atoms. The summed E-state index contributed by atoms with van der Waals surface area (Å²) in [6, 6.07) is 0. The summed E-state index contributed by atoms with van der Waals surface area (Å²) >= 11 is 6.67. The lowest BCUT2D eigenvalue weighted by molar-refractivity contribution is 0.208. The average molecular weight is 304 g/mol. The van der Waals surface area contributed by atoms with Gasteiger partial charge in [-0.1, -0.05) is 0 Å². The van der Waals surface area contributed by atoms with Gasteiger partial charge in [-0.3, -0.25) is 0 Å². The summed E-state index contributed by atoms with van der Waals surface area (Å²) in [5.74, 6) is 0. The van der Waals surface area contributed by atoms with Crippen molar-refractivity contribution in [2.45, 2.75) is 5.66 Å². The number of hydrogen-bond donors (Lipinski definition) is 1. The smallest absolute Gasteiger partial charge is 0.337 e. The predicted molar refractivity (Wildman–Crippen MR) is 79.3 cm³/mol. The summed E-state index contributed by atoms with van der Waals surface area (Å²) < 4.78 is 17.2. The molecule has 0 aliphatic heterocycles. The van der Waals surface area contributed by atoms with E-state index < -0.39 is 7.94 Å². The lowest BCUT2D eigenvalue weighted by atomic mass is 10.3. The normalized spacial score (nSPS) is 18.7. The van der Waals surface area contributed by atoms with Gasteiger partial charge in [0, 0.05) is 0 Å². The van der Waals surface area contributed by atoms with E-state index in [9.17, 15) is 0 Å². The van der Waals surface area contributed by atoms with E-state index in [1.54, 1.807) is 32.7 Å². The van der Waals surface area contributed by atoms with Crippen molar-refractivity contribution in [2.24, 2.45) is 0 Å². The fraction of sp³-hybridized carbons (Fsp3) is 0.364. The first-order chi connectivity index (χ1) is 8.65. The van der Waals surface area contributed by atoms with Gasteiger partial charge < -0.3 is 4.98 Å². The first-order valence-corrected chi connectivity index (χ1v) is 8.14. The molecular formula is C11H15NO3PS2+. The Balaban J connectivity index is 2.35. The number of fused-ring (bicyclic) bond motifs is 1. The Bertz CT molecular complexity index is 488. The molecule has 7 heteroatoms. The molecule has 0 saturated heterocycles. The third-order valence-electron chi connectivity index (χ3n) is 2.74. The van der Waals surface area contributed by atoms with Crippen LogP contribution in [0.4, 0.5) is 0 Å². The summed E-state index contributed by atoms with van der Waals surface area (Å²) in [6.07, 6.45) is 8.08. The van der Waals surface area contributed by atoms with Crippen LogP contribution in [0.2, 0.25) is 0 Å². The highest BCUT2D eigenvalue weighted by atomic mass is 32.1. The van der Waals surface area contributed by atoms with Crippen LogP contribution in [-0.4, -0.2) is 32.0 Å². The molecule has 1 atom stereocenters. The third kappa shape index (κ3) is 2.50. The minimum absolute atomic E-state index is 0.0286. The molecule has 0 saturated carbocycles. The maximum absolute atomic E-state index is 5.47. The molecule has 0 aromatic carbocycles. The molecule has 1 aliphatic rings. The number of hydrogen-bond acceptors (Lipinski definition) is 5. The van der Waals surface area contributed by atoms with Crippen molar-refractivity contribution in [3.05, 3.63) is 26.7 Å². The summed E-state index contributed by atoms with van der Waals surface area (Å²) in [5.41, 5.74) is 0.990. The van der Waals surface area contributed by atoms with Gasteiger partial charge in [-0.2, -0.15) is 13.6 Å². The fourth-order valence-corrected chi connectivity index (χ4v) is 4.73. The molecule has 1 aliphatic carbocycles. The number of allylic oxidation sites excluding steroid dienone is 2. The Morgan fingerprint density at radius 1 is 1.17 bits per heavy atom. The summed E-state index contributed by atoms with van der Waals surface area (Å²) in [7, 11) is 2.46. The van der Waals surface area contributed by atoms with Crippen LogP contribution in [0.3, 0.4) is 0 Å². The van der Waals surface area contributed by atoms with Crippen molar-refractivity contribution >= 4 is 43.6 Å². The Labute approximate surface area is 116 Å². The number of aromatic amines is 1. The standard InChI is InChI=1S/C11H14NO3PS2/c1-13-16(14-2,15-3)8-4-6-9-10(7-5-8)18-11(17)12-9/h4-8H,1-3H3/p+1. The van der Waals surface area contributed by atoms with Crippen molar-refractivity contribution in [2.75, 3.05) is 21.3 Å². The van der Waals surface area contributed by atoms with Gasteiger partial charge in [0.25, 0.3) is 0 Å². The zero-order chi connectivity index (χ0) is 13.2. The second-order valence-electron chi connectivity index (χ2n) is 3.59. The molecule has 0 amide bonds. The van der Waals surface area contributed by atoms with Crippen LogP contribution in [0.5, 0.6) is 0 Å². The van der Waals surface area contributed by atoms with Crippen LogP contribution < -0.4 is 0 Å². The second kappa shape index (κ2) is 5.74. The number of rotatable bonds is 4. The number of nitrogens with one attached hydrogen (secondary N) is 1. The molecule has 0 spiro atoms. The highest BCUT2D eigenvalue weighted by Crippen LogP contribution is 2.65. The maximum Gasteiger partial charge on any atom is 0.421 e. The Hall–Kier alpha value is -0.360. The highest BCUT2D eigenvalue weighted by molar-refractivity contribution is 7.73. The van der Waals surface area contributed by atoms with Gasteiger partial charge in [0.15, 0.2) is 9.61 Å². The lowest BCUT2D eigenvalue weighted by Gasteiger charge is -2.21.